The highest BCUT2D eigenvalue weighted by Gasteiger charge is 2.31. The van der Waals surface area contributed by atoms with Crippen molar-refractivity contribution >= 4 is 10.0 Å². The van der Waals surface area contributed by atoms with Gasteiger partial charge in [0.05, 0.1) is 10.9 Å². The fourth-order valence-electron chi connectivity index (χ4n) is 3.97. The molecule has 2 aromatic rings. The van der Waals surface area contributed by atoms with Gasteiger partial charge < -0.3 is 4.57 Å². The van der Waals surface area contributed by atoms with Crippen molar-refractivity contribution in [1.29, 1.82) is 0 Å². The molecule has 0 saturated carbocycles. The van der Waals surface area contributed by atoms with Crippen LogP contribution in [0.1, 0.15) is 37.0 Å². The maximum Gasteiger partial charge on any atom is 0.243 e. The van der Waals surface area contributed by atoms with E-state index < -0.39 is 15.8 Å². The van der Waals surface area contributed by atoms with Gasteiger partial charge in [0.1, 0.15) is 17.5 Å². The summed E-state index contributed by atoms with van der Waals surface area (Å²) in [6.45, 7) is 2.27. The molecule has 7 nitrogen and oxygen atoms in total. The van der Waals surface area contributed by atoms with Gasteiger partial charge in [-0.25, -0.2) is 12.8 Å². The predicted molar refractivity (Wildman–Crippen MR) is 98.1 cm³/mol. The Morgan fingerprint density at radius 2 is 1.81 bits per heavy atom. The molecule has 0 N–H and O–H groups in total. The zero-order valence-corrected chi connectivity index (χ0v) is 16.2. The first kappa shape index (κ1) is 18.5. The van der Waals surface area contributed by atoms with Gasteiger partial charge in [0, 0.05) is 26.1 Å². The largest absolute Gasteiger partial charge is 0.312 e. The number of aromatic nitrogens is 3. The van der Waals surface area contributed by atoms with Crippen molar-refractivity contribution in [3.05, 3.63) is 41.7 Å². The molecule has 4 rings (SSSR count). The molecule has 3 heterocycles. The lowest BCUT2D eigenvalue weighted by molar-refractivity contribution is 0.174. The lowest BCUT2D eigenvalue weighted by atomic mass is 10.0. The molecule has 9 heteroatoms. The van der Waals surface area contributed by atoms with Crippen LogP contribution < -0.4 is 0 Å². The minimum absolute atomic E-state index is 0.119. The first-order valence-corrected chi connectivity index (χ1v) is 10.8. The van der Waals surface area contributed by atoms with E-state index in [1.807, 2.05) is 0 Å². The van der Waals surface area contributed by atoms with E-state index in [9.17, 15) is 12.8 Å². The van der Waals surface area contributed by atoms with Crippen LogP contribution in [0.15, 0.2) is 29.2 Å². The second kappa shape index (κ2) is 7.29. The van der Waals surface area contributed by atoms with Crippen LogP contribution in [-0.4, -0.2) is 59.1 Å². The van der Waals surface area contributed by atoms with Crippen LogP contribution in [0.5, 0.6) is 0 Å². The normalized spacial score (nSPS) is 22.4. The lowest BCUT2D eigenvalue weighted by Crippen LogP contribution is -2.34. The molecule has 1 aromatic heterocycles. The number of likely N-dealkylation sites (tertiary alicyclic amines) is 1. The Morgan fingerprint density at radius 3 is 2.56 bits per heavy atom. The average molecular weight is 393 g/mol. The topological polar surface area (TPSA) is 71.3 Å². The van der Waals surface area contributed by atoms with Gasteiger partial charge in [-0.1, -0.05) is 6.42 Å². The summed E-state index contributed by atoms with van der Waals surface area (Å²) >= 11 is 0. The molecule has 1 fully saturated rings. The SMILES string of the molecule is CN1CCCC[C@@H]1c1nnc2n1CCN(S(=O)(=O)c1ccc(F)cc1)CC2. The summed E-state index contributed by atoms with van der Waals surface area (Å²) in [5.41, 5.74) is 0. The number of benzene rings is 1. The number of hydrogen-bond donors (Lipinski definition) is 0. The van der Waals surface area contributed by atoms with Gasteiger partial charge in [-0.3, -0.25) is 4.90 Å². The van der Waals surface area contributed by atoms with Crippen molar-refractivity contribution in [3.8, 4) is 0 Å². The smallest absolute Gasteiger partial charge is 0.243 e. The summed E-state index contributed by atoms with van der Waals surface area (Å²) < 4.78 is 42.5. The highest BCUT2D eigenvalue weighted by atomic mass is 32.2. The van der Waals surface area contributed by atoms with Gasteiger partial charge >= 0.3 is 0 Å². The second-order valence-electron chi connectivity index (χ2n) is 7.23. The zero-order valence-electron chi connectivity index (χ0n) is 15.4. The molecule has 1 saturated heterocycles. The van der Waals surface area contributed by atoms with Crippen LogP contribution >= 0.6 is 0 Å². The van der Waals surface area contributed by atoms with Crippen molar-refractivity contribution < 1.29 is 12.8 Å². The summed E-state index contributed by atoms with van der Waals surface area (Å²) in [6.07, 6.45) is 3.93. The maximum absolute atomic E-state index is 13.1. The van der Waals surface area contributed by atoms with E-state index >= 15 is 0 Å². The molecule has 0 amide bonds. The Morgan fingerprint density at radius 1 is 1.04 bits per heavy atom. The van der Waals surface area contributed by atoms with Gasteiger partial charge in [0.2, 0.25) is 10.0 Å². The Kier molecular flexibility index (Phi) is 5.00. The minimum atomic E-state index is -3.65. The summed E-state index contributed by atoms with van der Waals surface area (Å²) in [4.78, 5) is 2.42. The van der Waals surface area contributed by atoms with Crippen molar-refractivity contribution in [3.63, 3.8) is 0 Å². The molecule has 0 aliphatic carbocycles. The molecule has 1 atom stereocenters. The fourth-order valence-corrected chi connectivity index (χ4v) is 5.40. The van der Waals surface area contributed by atoms with Crippen molar-refractivity contribution in [2.24, 2.45) is 0 Å². The predicted octanol–water partition coefficient (Wildman–Crippen LogP) is 1.82. The number of fused-ring (bicyclic) bond motifs is 1. The fraction of sp³-hybridized carbons (Fsp3) is 0.556. The first-order chi connectivity index (χ1) is 13.0. The van der Waals surface area contributed by atoms with Gasteiger partial charge in [0.15, 0.2) is 0 Å². The Bertz CT molecular complexity index is 912. The molecule has 146 valence electrons. The summed E-state index contributed by atoms with van der Waals surface area (Å²) in [7, 11) is -1.55. The van der Waals surface area contributed by atoms with Crippen LogP contribution in [0.2, 0.25) is 0 Å². The summed E-state index contributed by atoms with van der Waals surface area (Å²) in [5.74, 6) is 1.33. The summed E-state index contributed by atoms with van der Waals surface area (Å²) in [5, 5.41) is 8.77. The quantitative estimate of drug-likeness (QED) is 0.796. The Labute approximate surface area is 158 Å². The van der Waals surface area contributed by atoms with E-state index in [2.05, 4.69) is 26.7 Å². The molecule has 27 heavy (non-hydrogen) atoms. The number of nitrogens with zero attached hydrogens (tertiary/aromatic N) is 5. The maximum atomic E-state index is 13.1. The number of halogens is 1. The molecule has 2 aliphatic heterocycles. The minimum Gasteiger partial charge on any atom is -0.312 e. The van der Waals surface area contributed by atoms with E-state index in [0.717, 1.165) is 24.6 Å². The number of rotatable bonds is 3. The van der Waals surface area contributed by atoms with E-state index in [0.29, 0.717) is 26.1 Å². The Hall–Kier alpha value is -1.84. The zero-order chi connectivity index (χ0) is 19.0. The standard InChI is InChI=1S/C18H24FN5O2S/c1-22-10-3-2-4-16(22)18-21-20-17-9-11-23(12-13-24(17)18)27(25,26)15-7-5-14(19)6-8-15/h5-8,16H,2-4,9-13H2,1H3/t16-/m1/s1. The molecule has 1 aromatic carbocycles. The Balaban J connectivity index is 1.56. The highest BCUT2D eigenvalue weighted by Crippen LogP contribution is 2.29. The first-order valence-electron chi connectivity index (χ1n) is 9.35. The van der Waals surface area contributed by atoms with Crippen LogP contribution in [0.4, 0.5) is 4.39 Å². The third-order valence-corrected chi connectivity index (χ3v) is 7.45. The highest BCUT2D eigenvalue weighted by molar-refractivity contribution is 7.89. The van der Waals surface area contributed by atoms with E-state index in [-0.39, 0.29) is 10.9 Å². The van der Waals surface area contributed by atoms with Crippen molar-refractivity contribution in [2.75, 3.05) is 26.7 Å². The molecule has 0 radical (unpaired) electrons. The number of piperidine rings is 1. The van der Waals surface area contributed by atoms with Crippen LogP contribution in [-0.2, 0) is 23.0 Å². The van der Waals surface area contributed by atoms with Crippen LogP contribution in [0, 0.1) is 5.82 Å². The average Bonchev–Trinajstić information content (AvgIpc) is 2.92. The van der Waals surface area contributed by atoms with E-state index in [4.69, 9.17) is 0 Å². The monoisotopic (exact) mass is 393 g/mol. The van der Waals surface area contributed by atoms with Gasteiger partial charge in [0.25, 0.3) is 0 Å². The molecule has 0 bridgehead atoms. The lowest BCUT2D eigenvalue weighted by Gasteiger charge is -2.31. The van der Waals surface area contributed by atoms with Crippen LogP contribution in [0.25, 0.3) is 0 Å². The van der Waals surface area contributed by atoms with Gasteiger partial charge in [-0.15, -0.1) is 10.2 Å². The molecule has 0 spiro atoms. The molecular formula is C18H24FN5O2S. The summed E-state index contributed by atoms with van der Waals surface area (Å²) in [6, 6.07) is 5.23. The molecule has 2 aliphatic rings. The second-order valence-corrected chi connectivity index (χ2v) is 9.16. The molecular weight excluding hydrogens is 369 g/mol. The number of sulfonamides is 1. The van der Waals surface area contributed by atoms with E-state index in [1.54, 1.807) is 0 Å². The van der Waals surface area contributed by atoms with Crippen molar-refractivity contribution in [1.82, 2.24) is 24.0 Å². The number of hydrogen-bond acceptors (Lipinski definition) is 5. The van der Waals surface area contributed by atoms with Crippen molar-refractivity contribution in [2.45, 2.75) is 43.2 Å². The molecule has 0 unspecified atom stereocenters. The third-order valence-electron chi connectivity index (χ3n) is 5.53. The van der Waals surface area contributed by atoms with Gasteiger partial charge in [-0.05, 0) is 50.7 Å². The van der Waals surface area contributed by atoms with E-state index in [1.165, 1.54) is 41.4 Å². The van der Waals surface area contributed by atoms with Gasteiger partial charge in [-0.2, -0.15) is 4.31 Å². The van der Waals surface area contributed by atoms with Crippen LogP contribution in [0.3, 0.4) is 0 Å². The third kappa shape index (κ3) is 3.51.